The highest BCUT2D eigenvalue weighted by Crippen LogP contribution is 2.28. The number of nitrogen functional groups attached to an aromatic ring is 1. The van der Waals surface area contributed by atoms with E-state index in [1.54, 1.807) is 22.5 Å². The van der Waals surface area contributed by atoms with Crippen LogP contribution in [-0.4, -0.2) is 61.6 Å². The molecule has 0 amide bonds. The third-order valence-corrected chi connectivity index (χ3v) is 7.52. The summed E-state index contributed by atoms with van der Waals surface area (Å²) < 4.78 is 27.1. The molecule has 1 aromatic rings. The Morgan fingerprint density at radius 2 is 1.76 bits per heavy atom. The van der Waals surface area contributed by atoms with E-state index in [0.29, 0.717) is 30.7 Å². The van der Waals surface area contributed by atoms with Crippen LogP contribution < -0.4 is 5.73 Å². The Balaban J connectivity index is 1.55. The fourth-order valence-electron chi connectivity index (χ4n) is 4.06. The summed E-state index contributed by atoms with van der Waals surface area (Å²) >= 11 is 0. The summed E-state index contributed by atoms with van der Waals surface area (Å²) in [7, 11) is -3.45. The first-order chi connectivity index (χ1) is 12.0. The van der Waals surface area contributed by atoms with Crippen molar-refractivity contribution in [2.24, 2.45) is 5.92 Å². The minimum absolute atomic E-state index is 0.283. The Labute approximate surface area is 150 Å². The number of piperidine rings is 2. The topological polar surface area (TPSA) is 86.9 Å². The molecule has 0 spiro atoms. The molecule has 2 aliphatic heterocycles. The van der Waals surface area contributed by atoms with E-state index >= 15 is 0 Å². The number of nitrogens with two attached hydrogens (primary N) is 1. The Bertz CT molecular complexity index is 664. The molecule has 0 aromatic heterocycles. The maximum Gasteiger partial charge on any atom is 0.243 e. The SMILES string of the molecule is Nc1cccc(S(=O)(=O)N2CCC(N3CCC(CCO)CC3)CC2)c1. The van der Waals surface area contributed by atoms with E-state index in [4.69, 9.17) is 10.8 Å². The molecule has 0 radical (unpaired) electrons. The number of hydrogen-bond acceptors (Lipinski definition) is 5. The van der Waals surface area contributed by atoms with Crippen LogP contribution in [0.25, 0.3) is 0 Å². The van der Waals surface area contributed by atoms with Crippen molar-refractivity contribution in [2.75, 3.05) is 38.5 Å². The molecule has 0 atom stereocenters. The predicted molar refractivity (Wildman–Crippen MR) is 98.6 cm³/mol. The lowest BCUT2D eigenvalue weighted by Gasteiger charge is -2.41. The van der Waals surface area contributed by atoms with Gasteiger partial charge in [0.05, 0.1) is 4.90 Å². The van der Waals surface area contributed by atoms with E-state index < -0.39 is 10.0 Å². The molecule has 6 nitrogen and oxygen atoms in total. The van der Waals surface area contributed by atoms with Crippen molar-refractivity contribution < 1.29 is 13.5 Å². The number of aliphatic hydroxyl groups excluding tert-OH is 1. The lowest BCUT2D eigenvalue weighted by molar-refractivity contribution is 0.0894. The van der Waals surface area contributed by atoms with E-state index in [-0.39, 0.29) is 11.5 Å². The second-order valence-corrected chi connectivity index (χ2v) is 9.14. The van der Waals surface area contributed by atoms with Gasteiger partial charge in [0.15, 0.2) is 0 Å². The van der Waals surface area contributed by atoms with E-state index in [2.05, 4.69) is 4.90 Å². The van der Waals surface area contributed by atoms with Gasteiger partial charge in [0, 0.05) is 31.4 Å². The van der Waals surface area contributed by atoms with Crippen LogP contribution in [0.1, 0.15) is 32.1 Å². The van der Waals surface area contributed by atoms with Crippen LogP contribution in [0.5, 0.6) is 0 Å². The first-order valence-corrected chi connectivity index (χ1v) is 10.7. The Morgan fingerprint density at radius 1 is 1.08 bits per heavy atom. The lowest BCUT2D eigenvalue weighted by Crippen LogP contribution is -2.49. The number of sulfonamides is 1. The molecule has 2 heterocycles. The molecule has 140 valence electrons. The van der Waals surface area contributed by atoms with Crippen molar-refractivity contribution >= 4 is 15.7 Å². The van der Waals surface area contributed by atoms with E-state index in [9.17, 15) is 8.42 Å². The minimum Gasteiger partial charge on any atom is -0.399 e. The highest BCUT2D eigenvalue weighted by Gasteiger charge is 2.33. The zero-order valence-corrected chi connectivity index (χ0v) is 15.5. The smallest absolute Gasteiger partial charge is 0.243 e. The third-order valence-electron chi connectivity index (χ3n) is 5.62. The number of anilines is 1. The molecule has 0 unspecified atom stereocenters. The van der Waals surface area contributed by atoms with Gasteiger partial charge in [-0.1, -0.05) is 6.07 Å². The first kappa shape index (κ1) is 18.6. The summed E-state index contributed by atoms with van der Waals surface area (Å²) in [5.74, 6) is 0.644. The Hall–Kier alpha value is -1.15. The predicted octanol–water partition coefficient (Wildman–Crippen LogP) is 1.52. The van der Waals surface area contributed by atoms with Crippen LogP contribution in [0, 0.1) is 5.92 Å². The average molecular weight is 368 g/mol. The van der Waals surface area contributed by atoms with Gasteiger partial charge in [-0.05, 0) is 69.3 Å². The molecule has 3 N–H and O–H groups in total. The maximum absolute atomic E-state index is 12.8. The number of rotatable bonds is 5. The van der Waals surface area contributed by atoms with Gasteiger partial charge in [-0.2, -0.15) is 4.31 Å². The van der Waals surface area contributed by atoms with Gasteiger partial charge in [-0.25, -0.2) is 8.42 Å². The number of benzene rings is 1. The number of hydrogen-bond donors (Lipinski definition) is 2. The monoisotopic (exact) mass is 367 g/mol. The van der Waals surface area contributed by atoms with Crippen molar-refractivity contribution in [3.05, 3.63) is 24.3 Å². The molecule has 0 aliphatic carbocycles. The van der Waals surface area contributed by atoms with Crippen molar-refractivity contribution in [3.63, 3.8) is 0 Å². The quantitative estimate of drug-likeness (QED) is 0.771. The zero-order chi connectivity index (χ0) is 17.9. The zero-order valence-electron chi connectivity index (χ0n) is 14.7. The van der Waals surface area contributed by atoms with E-state index in [1.165, 1.54) is 6.07 Å². The summed E-state index contributed by atoms with van der Waals surface area (Å²) in [5, 5.41) is 9.07. The molecule has 7 heteroatoms. The summed E-state index contributed by atoms with van der Waals surface area (Å²) in [6.07, 6.45) is 4.95. The molecule has 0 saturated carbocycles. The standard InChI is InChI=1S/C18H29N3O3S/c19-16-2-1-3-18(14-16)25(23,24)21-11-6-17(7-12-21)20-9-4-15(5-10-20)8-13-22/h1-3,14-15,17,22H,4-13,19H2. The number of aliphatic hydroxyl groups is 1. The van der Waals surface area contributed by atoms with Gasteiger partial charge in [-0.15, -0.1) is 0 Å². The molecule has 2 fully saturated rings. The van der Waals surface area contributed by atoms with Crippen LogP contribution in [-0.2, 0) is 10.0 Å². The van der Waals surface area contributed by atoms with Gasteiger partial charge >= 0.3 is 0 Å². The number of likely N-dealkylation sites (tertiary alicyclic amines) is 1. The van der Waals surface area contributed by atoms with E-state index in [0.717, 1.165) is 45.2 Å². The largest absolute Gasteiger partial charge is 0.399 e. The van der Waals surface area contributed by atoms with Gasteiger partial charge in [0.1, 0.15) is 0 Å². The summed E-state index contributed by atoms with van der Waals surface area (Å²) in [5.41, 5.74) is 6.21. The summed E-state index contributed by atoms with van der Waals surface area (Å²) in [4.78, 5) is 2.80. The molecular formula is C18H29N3O3S. The van der Waals surface area contributed by atoms with Gasteiger partial charge in [0.2, 0.25) is 10.0 Å². The minimum atomic E-state index is -3.45. The van der Waals surface area contributed by atoms with Gasteiger partial charge in [-0.3, -0.25) is 0 Å². The van der Waals surface area contributed by atoms with Crippen LogP contribution in [0.4, 0.5) is 5.69 Å². The first-order valence-electron chi connectivity index (χ1n) is 9.21. The summed E-state index contributed by atoms with van der Waals surface area (Å²) in [6, 6.07) is 7.01. The molecule has 3 rings (SSSR count). The fourth-order valence-corrected chi connectivity index (χ4v) is 5.59. The van der Waals surface area contributed by atoms with Gasteiger partial charge < -0.3 is 15.7 Å². The maximum atomic E-state index is 12.8. The Kier molecular flexibility index (Phi) is 5.99. The molecule has 2 aliphatic rings. The molecule has 0 bridgehead atoms. The van der Waals surface area contributed by atoms with Crippen LogP contribution >= 0.6 is 0 Å². The second-order valence-electron chi connectivity index (χ2n) is 7.20. The molecular weight excluding hydrogens is 338 g/mol. The highest BCUT2D eigenvalue weighted by atomic mass is 32.2. The van der Waals surface area contributed by atoms with Crippen LogP contribution in [0.2, 0.25) is 0 Å². The van der Waals surface area contributed by atoms with Gasteiger partial charge in [0.25, 0.3) is 0 Å². The molecule has 1 aromatic carbocycles. The average Bonchev–Trinajstić information content (AvgIpc) is 2.63. The lowest BCUT2D eigenvalue weighted by atomic mass is 9.92. The van der Waals surface area contributed by atoms with Crippen LogP contribution in [0.3, 0.4) is 0 Å². The van der Waals surface area contributed by atoms with Crippen molar-refractivity contribution in [1.82, 2.24) is 9.21 Å². The Morgan fingerprint density at radius 3 is 2.36 bits per heavy atom. The van der Waals surface area contributed by atoms with E-state index in [1.807, 2.05) is 0 Å². The van der Waals surface area contributed by atoms with Crippen LogP contribution in [0.15, 0.2) is 29.2 Å². The second kappa shape index (κ2) is 8.03. The normalized spacial score (nSPS) is 22.3. The molecule has 25 heavy (non-hydrogen) atoms. The third kappa shape index (κ3) is 4.34. The van der Waals surface area contributed by atoms with Crippen molar-refractivity contribution in [2.45, 2.75) is 43.0 Å². The van der Waals surface area contributed by atoms with Crippen molar-refractivity contribution in [1.29, 1.82) is 0 Å². The highest BCUT2D eigenvalue weighted by molar-refractivity contribution is 7.89. The summed E-state index contributed by atoms with van der Waals surface area (Å²) in [6.45, 7) is 3.55. The molecule has 2 saturated heterocycles. The number of nitrogens with zero attached hydrogens (tertiary/aromatic N) is 2. The van der Waals surface area contributed by atoms with Crippen molar-refractivity contribution in [3.8, 4) is 0 Å². The fraction of sp³-hybridized carbons (Fsp3) is 0.667.